The predicted molar refractivity (Wildman–Crippen MR) is 68.3 cm³/mol. The van der Waals surface area contributed by atoms with E-state index in [9.17, 15) is 9.65 Å². The van der Waals surface area contributed by atoms with Gasteiger partial charge in [-0.25, -0.2) is 4.39 Å². The first-order chi connectivity index (χ1) is 8.63. The van der Waals surface area contributed by atoms with Crippen LogP contribution in [0.4, 0.5) is 4.39 Å². The number of aryl methyl sites for hydroxylation is 1. The van der Waals surface area contributed by atoms with E-state index in [0.29, 0.717) is 5.92 Å². The van der Waals surface area contributed by atoms with E-state index >= 15 is 0 Å². The average molecular weight is 243 g/mol. The van der Waals surface area contributed by atoms with Crippen LogP contribution in [0.15, 0.2) is 18.2 Å². The molecule has 0 aromatic heterocycles. The fraction of sp³-hybridized carbons (Fsp3) is 0.562. The first kappa shape index (κ1) is 11.7. The van der Waals surface area contributed by atoms with Crippen LogP contribution < -0.4 is 0 Å². The molecule has 2 fully saturated rings. The van der Waals surface area contributed by atoms with Crippen LogP contribution in [0.2, 0.25) is 0 Å². The van der Waals surface area contributed by atoms with E-state index in [1.807, 2.05) is 13.0 Å². The largest absolute Gasteiger partial charge is 0.207 e. The van der Waals surface area contributed by atoms with Gasteiger partial charge in [0.15, 0.2) is 0 Å². The van der Waals surface area contributed by atoms with Crippen molar-refractivity contribution in [1.82, 2.24) is 0 Å². The minimum atomic E-state index is -0.221. The number of benzene rings is 1. The van der Waals surface area contributed by atoms with Gasteiger partial charge in [-0.2, -0.15) is 5.26 Å². The van der Waals surface area contributed by atoms with E-state index in [-0.39, 0.29) is 11.2 Å². The fourth-order valence-corrected chi connectivity index (χ4v) is 4.01. The molecule has 1 nitrogen and oxygen atoms in total. The van der Waals surface area contributed by atoms with Gasteiger partial charge in [0.25, 0.3) is 0 Å². The lowest BCUT2D eigenvalue weighted by Gasteiger charge is -2.31. The van der Waals surface area contributed by atoms with Crippen LogP contribution in [0.3, 0.4) is 0 Å². The van der Waals surface area contributed by atoms with Crippen LogP contribution in [0.25, 0.3) is 0 Å². The van der Waals surface area contributed by atoms with Crippen molar-refractivity contribution in [3.05, 3.63) is 35.1 Å². The van der Waals surface area contributed by atoms with Crippen LogP contribution in [0.5, 0.6) is 0 Å². The third kappa shape index (κ3) is 1.73. The van der Waals surface area contributed by atoms with Gasteiger partial charge in [-0.05, 0) is 67.7 Å². The molecule has 3 unspecified atom stereocenters. The van der Waals surface area contributed by atoms with Crippen molar-refractivity contribution < 1.29 is 4.39 Å². The Hall–Kier alpha value is -1.36. The number of hydrogen-bond donors (Lipinski definition) is 0. The maximum absolute atomic E-state index is 13.4. The smallest absolute Gasteiger partial charge is 0.123 e. The second kappa shape index (κ2) is 4.09. The summed E-state index contributed by atoms with van der Waals surface area (Å²) in [7, 11) is 0. The number of nitrogens with zero attached hydrogens (tertiary/aromatic N) is 1. The van der Waals surface area contributed by atoms with E-state index in [2.05, 4.69) is 6.07 Å². The third-order valence-electron chi connectivity index (χ3n) is 5.02. The van der Waals surface area contributed by atoms with Gasteiger partial charge in [-0.1, -0.05) is 12.5 Å². The fourth-order valence-electron chi connectivity index (χ4n) is 4.01. The number of nitriles is 1. The zero-order valence-corrected chi connectivity index (χ0v) is 10.7. The monoisotopic (exact) mass is 243 g/mol. The Balaban J connectivity index is 1.91. The first-order valence-corrected chi connectivity index (χ1v) is 6.79. The molecule has 0 radical (unpaired) electrons. The standard InChI is InChI=1S/C16H18FN/c1-11-2-5-15(17)7-13(11)9-16(10-18)8-12-3-4-14(16)6-12/h2,5,7,12,14H,3-4,6,8-9H2,1H3. The minimum Gasteiger partial charge on any atom is -0.207 e. The number of halogens is 1. The van der Waals surface area contributed by atoms with Crippen LogP contribution in [0, 0.1) is 41.3 Å². The van der Waals surface area contributed by atoms with Gasteiger partial charge < -0.3 is 0 Å². The molecule has 2 aliphatic carbocycles. The van der Waals surface area contributed by atoms with Gasteiger partial charge in [0.05, 0.1) is 11.5 Å². The molecule has 0 aliphatic heterocycles. The van der Waals surface area contributed by atoms with Gasteiger partial charge in [-0.15, -0.1) is 0 Å². The van der Waals surface area contributed by atoms with Crippen LogP contribution in [-0.4, -0.2) is 0 Å². The van der Waals surface area contributed by atoms with Gasteiger partial charge in [0, 0.05) is 0 Å². The second-order valence-electron chi connectivity index (χ2n) is 6.10. The molecule has 0 N–H and O–H groups in total. The molecule has 94 valence electrons. The topological polar surface area (TPSA) is 23.8 Å². The summed E-state index contributed by atoms with van der Waals surface area (Å²) in [5.74, 6) is 1.09. The Morgan fingerprint density at radius 2 is 2.28 bits per heavy atom. The molecular formula is C16H18FN. The summed E-state index contributed by atoms with van der Waals surface area (Å²) in [6.45, 7) is 2.01. The number of hydrogen-bond acceptors (Lipinski definition) is 1. The summed E-state index contributed by atoms with van der Waals surface area (Å²) >= 11 is 0. The molecule has 0 heterocycles. The normalized spacial score (nSPS) is 33.6. The summed E-state index contributed by atoms with van der Waals surface area (Å²) in [4.78, 5) is 0. The van der Waals surface area contributed by atoms with Crippen molar-refractivity contribution in [2.24, 2.45) is 17.3 Å². The predicted octanol–water partition coefficient (Wildman–Crippen LogP) is 4.01. The molecule has 2 heteroatoms. The molecule has 0 spiro atoms. The third-order valence-corrected chi connectivity index (χ3v) is 5.02. The minimum absolute atomic E-state index is 0.188. The summed E-state index contributed by atoms with van der Waals surface area (Å²) in [6.07, 6.45) is 5.43. The van der Waals surface area contributed by atoms with Gasteiger partial charge in [-0.3, -0.25) is 0 Å². The maximum Gasteiger partial charge on any atom is 0.123 e. The summed E-state index contributed by atoms with van der Waals surface area (Å²) in [6, 6.07) is 7.51. The van der Waals surface area contributed by atoms with Crippen molar-refractivity contribution in [3.63, 3.8) is 0 Å². The Morgan fingerprint density at radius 3 is 2.89 bits per heavy atom. The molecule has 0 amide bonds. The van der Waals surface area contributed by atoms with E-state index in [1.165, 1.54) is 25.3 Å². The highest BCUT2D eigenvalue weighted by atomic mass is 19.1. The van der Waals surface area contributed by atoms with E-state index < -0.39 is 0 Å². The van der Waals surface area contributed by atoms with Crippen LogP contribution >= 0.6 is 0 Å². The van der Waals surface area contributed by atoms with Crippen molar-refractivity contribution in [2.45, 2.75) is 39.0 Å². The van der Waals surface area contributed by atoms with Crippen molar-refractivity contribution in [1.29, 1.82) is 5.26 Å². The highest BCUT2D eigenvalue weighted by Gasteiger charge is 2.51. The lowest BCUT2D eigenvalue weighted by atomic mass is 9.70. The average Bonchev–Trinajstić information content (AvgIpc) is 2.94. The van der Waals surface area contributed by atoms with Gasteiger partial charge >= 0.3 is 0 Å². The van der Waals surface area contributed by atoms with E-state index in [1.54, 1.807) is 6.07 Å². The van der Waals surface area contributed by atoms with Crippen LogP contribution in [-0.2, 0) is 6.42 Å². The molecule has 3 atom stereocenters. The lowest BCUT2D eigenvalue weighted by Crippen LogP contribution is -2.28. The highest BCUT2D eigenvalue weighted by Crippen LogP contribution is 2.57. The molecule has 2 aliphatic rings. The second-order valence-corrected chi connectivity index (χ2v) is 6.10. The zero-order valence-electron chi connectivity index (χ0n) is 10.7. The van der Waals surface area contributed by atoms with Gasteiger partial charge in [0.2, 0.25) is 0 Å². The molecular weight excluding hydrogens is 225 g/mol. The Labute approximate surface area is 108 Å². The van der Waals surface area contributed by atoms with E-state index in [0.717, 1.165) is 29.9 Å². The summed E-state index contributed by atoms with van der Waals surface area (Å²) in [5, 5.41) is 9.62. The Morgan fingerprint density at radius 1 is 1.44 bits per heavy atom. The maximum atomic E-state index is 13.4. The van der Waals surface area contributed by atoms with E-state index in [4.69, 9.17) is 0 Å². The van der Waals surface area contributed by atoms with Crippen molar-refractivity contribution >= 4 is 0 Å². The zero-order chi connectivity index (χ0) is 12.8. The number of fused-ring (bicyclic) bond motifs is 2. The molecule has 2 saturated carbocycles. The molecule has 1 aromatic rings. The molecule has 0 saturated heterocycles. The number of rotatable bonds is 2. The first-order valence-electron chi connectivity index (χ1n) is 6.79. The summed E-state index contributed by atoms with van der Waals surface area (Å²) in [5.41, 5.74) is 1.90. The van der Waals surface area contributed by atoms with Crippen LogP contribution in [0.1, 0.15) is 36.8 Å². The Bertz CT molecular complexity index is 516. The summed E-state index contributed by atoms with van der Waals surface area (Å²) < 4.78 is 13.4. The lowest BCUT2D eigenvalue weighted by molar-refractivity contribution is 0.239. The van der Waals surface area contributed by atoms with Crippen molar-refractivity contribution in [2.75, 3.05) is 0 Å². The highest BCUT2D eigenvalue weighted by molar-refractivity contribution is 5.30. The molecule has 18 heavy (non-hydrogen) atoms. The Kier molecular flexibility index (Phi) is 2.66. The van der Waals surface area contributed by atoms with Crippen molar-refractivity contribution in [3.8, 4) is 6.07 Å². The molecule has 2 bridgehead atoms. The van der Waals surface area contributed by atoms with Gasteiger partial charge in [0.1, 0.15) is 5.82 Å². The molecule has 3 rings (SSSR count). The quantitative estimate of drug-likeness (QED) is 0.770. The molecule has 1 aromatic carbocycles. The SMILES string of the molecule is Cc1ccc(F)cc1CC1(C#N)CC2CCC1C2.